The minimum atomic E-state index is -1.41. The molecule has 0 saturated carbocycles. The van der Waals surface area contributed by atoms with Gasteiger partial charge in [-0.1, -0.05) is 44.9 Å². The number of esters is 1. The summed E-state index contributed by atoms with van der Waals surface area (Å²) in [5, 5.41) is 20.1. The van der Waals surface area contributed by atoms with Crippen LogP contribution in [0, 0.1) is 0 Å². The third-order valence-corrected chi connectivity index (χ3v) is 4.66. The van der Waals surface area contributed by atoms with Gasteiger partial charge in [0.15, 0.2) is 12.4 Å². The van der Waals surface area contributed by atoms with E-state index in [0.29, 0.717) is 18.8 Å². The Kier molecular flexibility index (Phi) is 9.87. The summed E-state index contributed by atoms with van der Waals surface area (Å²) in [6.45, 7) is 4.65. The summed E-state index contributed by atoms with van der Waals surface area (Å²) in [6.07, 6.45) is -1.07. The summed E-state index contributed by atoms with van der Waals surface area (Å²) in [5.74, 6) is -0.577. The first-order chi connectivity index (χ1) is 13.6. The molecule has 0 bridgehead atoms. The van der Waals surface area contributed by atoms with Gasteiger partial charge in [0.2, 0.25) is 0 Å². The summed E-state index contributed by atoms with van der Waals surface area (Å²) < 4.78 is 22.9. The molecular weight excluding hydrogens is 364 g/mol. The summed E-state index contributed by atoms with van der Waals surface area (Å²) >= 11 is 0. The number of carbonyl (C=O) groups excluding carboxylic acids is 1. The third kappa shape index (κ3) is 6.25. The molecule has 5 atom stereocenters. The van der Waals surface area contributed by atoms with Gasteiger partial charge >= 0.3 is 5.97 Å². The zero-order chi connectivity index (χ0) is 20.4. The first kappa shape index (κ1) is 22.8. The average molecular weight is 396 g/mol. The number of rotatable bonds is 11. The molecule has 7 nitrogen and oxygen atoms in total. The van der Waals surface area contributed by atoms with E-state index in [1.165, 1.54) is 0 Å². The van der Waals surface area contributed by atoms with E-state index in [1.807, 2.05) is 13.8 Å². The van der Waals surface area contributed by atoms with Crippen molar-refractivity contribution in [2.75, 3.05) is 19.8 Å². The van der Waals surface area contributed by atoms with Crippen molar-refractivity contribution in [3.8, 4) is 0 Å². The van der Waals surface area contributed by atoms with Crippen molar-refractivity contribution in [2.24, 2.45) is 0 Å². The van der Waals surface area contributed by atoms with Gasteiger partial charge in [0, 0.05) is 13.2 Å². The fourth-order valence-electron chi connectivity index (χ4n) is 3.05. The van der Waals surface area contributed by atoms with E-state index in [1.54, 1.807) is 30.3 Å². The van der Waals surface area contributed by atoms with Gasteiger partial charge in [-0.15, -0.1) is 0 Å². The highest BCUT2D eigenvalue weighted by atomic mass is 16.7. The van der Waals surface area contributed by atoms with Crippen LogP contribution in [0.25, 0.3) is 0 Å². The molecule has 0 spiro atoms. The largest absolute Gasteiger partial charge is 0.450 e. The molecular formula is C21H32O7. The Labute approximate surface area is 166 Å². The Hall–Kier alpha value is -1.51. The molecule has 1 aromatic carbocycles. The maximum absolute atomic E-state index is 12.5. The van der Waals surface area contributed by atoms with Gasteiger partial charge in [0.25, 0.3) is 0 Å². The lowest BCUT2D eigenvalue weighted by Crippen LogP contribution is -2.61. The van der Waals surface area contributed by atoms with Crippen LogP contribution in [0.4, 0.5) is 0 Å². The second-order valence-corrected chi connectivity index (χ2v) is 6.86. The van der Waals surface area contributed by atoms with E-state index < -0.39 is 36.7 Å². The molecule has 1 heterocycles. The highest BCUT2D eigenvalue weighted by Gasteiger charge is 2.48. The molecule has 158 valence electrons. The number of hydrogen-bond donors (Lipinski definition) is 2. The van der Waals surface area contributed by atoms with E-state index in [4.69, 9.17) is 18.9 Å². The number of hydrogen-bond acceptors (Lipinski definition) is 7. The van der Waals surface area contributed by atoms with Crippen molar-refractivity contribution >= 4 is 5.97 Å². The van der Waals surface area contributed by atoms with Crippen molar-refractivity contribution < 1.29 is 34.0 Å². The second-order valence-electron chi connectivity index (χ2n) is 6.86. The molecule has 7 heteroatoms. The van der Waals surface area contributed by atoms with Crippen LogP contribution in [0.1, 0.15) is 49.9 Å². The van der Waals surface area contributed by atoms with E-state index in [9.17, 15) is 15.0 Å². The van der Waals surface area contributed by atoms with Crippen LogP contribution in [0.2, 0.25) is 0 Å². The van der Waals surface area contributed by atoms with E-state index in [-0.39, 0.29) is 6.61 Å². The van der Waals surface area contributed by atoms with Crippen molar-refractivity contribution in [3.05, 3.63) is 35.9 Å². The van der Waals surface area contributed by atoms with Gasteiger partial charge in [-0.2, -0.15) is 0 Å². The van der Waals surface area contributed by atoms with Crippen molar-refractivity contribution in [1.29, 1.82) is 0 Å². The van der Waals surface area contributed by atoms with Crippen LogP contribution in [-0.4, -0.2) is 66.7 Å². The van der Waals surface area contributed by atoms with Crippen molar-refractivity contribution in [3.63, 3.8) is 0 Å². The first-order valence-corrected chi connectivity index (χ1v) is 10.1. The Bertz CT molecular complexity index is 565. The number of carbonyl (C=O) groups is 1. The smallest absolute Gasteiger partial charge is 0.338 e. The van der Waals surface area contributed by atoms with Crippen LogP contribution >= 0.6 is 0 Å². The molecule has 2 rings (SSSR count). The van der Waals surface area contributed by atoms with Crippen LogP contribution in [0.5, 0.6) is 0 Å². The predicted octanol–water partition coefficient (Wildman–Crippen LogP) is 2.29. The molecule has 1 fully saturated rings. The highest BCUT2D eigenvalue weighted by molar-refractivity contribution is 5.89. The van der Waals surface area contributed by atoms with Gasteiger partial charge in [0.05, 0.1) is 12.2 Å². The molecule has 0 radical (unpaired) electrons. The maximum Gasteiger partial charge on any atom is 0.338 e. The number of ether oxygens (including phenoxy) is 4. The first-order valence-electron chi connectivity index (χ1n) is 10.1. The molecule has 28 heavy (non-hydrogen) atoms. The predicted molar refractivity (Wildman–Crippen MR) is 103 cm³/mol. The van der Waals surface area contributed by atoms with E-state index >= 15 is 0 Å². The molecule has 0 amide bonds. The van der Waals surface area contributed by atoms with Crippen molar-refractivity contribution in [1.82, 2.24) is 0 Å². The number of aliphatic hydroxyl groups is 2. The number of benzene rings is 1. The Balaban J connectivity index is 2.18. The Morgan fingerprint density at radius 3 is 2.18 bits per heavy atom. The van der Waals surface area contributed by atoms with Crippen molar-refractivity contribution in [2.45, 2.75) is 70.2 Å². The second kappa shape index (κ2) is 12.1. The SMILES string of the molecule is CCCCOC1C(CO)OC(O)C(OC(=O)c2ccccc2)C1OCCCC. The minimum absolute atomic E-state index is 0.332. The lowest BCUT2D eigenvalue weighted by atomic mass is 9.98. The number of aliphatic hydroxyl groups excluding tert-OH is 2. The monoisotopic (exact) mass is 396 g/mol. The van der Waals surface area contributed by atoms with Gasteiger partial charge in [-0.25, -0.2) is 4.79 Å². The summed E-state index contributed by atoms with van der Waals surface area (Å²) in [7, 11) is 0. The Morgan fingerprint density at radius 1 is 1.00 bits per heavy atom. The highest BCUT2D eigenvalue weighted by Crippen LogP contribution is 2.28. The van der Waals surface area contributed by atoms with Gasteiger partial charge < -0.3 is 29.2 Å². The summed E-state index contributed by atoms with van der Waals surface area (Å²) in [6, 6.07) is 8.54. The molecule has 1 aliphatic heterocycles. The molecule has 5 unspecified atom stereocenters. The minimum Gasteiger partial charge on any atom is -0.450 e. The maximum atomic E-state index is 12.5. The number of unbranched alkanes of at least 4 members (excludes halogenated alkanes) is 2. The van der Waals surface area contributed by atoms with Gasteiger partial charge in [-0.05, 0) is 25.0 Å². The normalized spacial score (nSPS) is 27.5. The molecule has 0 aliphatic carbocycles. The fourth-order valence-corrected chi connectivity index (χ4v) is 3.05. The molecule has 1 aromatic rings. The lowest BCUT2D eigenvalue weighted by molar-refractivity contribution is -0.300. The topological polar surface area (TPSA) is 94.5 Å². The molecule has 1 saturated heterocycles. The molecule has 1 aliphatic rings. The Morgan fingerprint density at radius 2 is 1.61 bits per heavy atom. The zero-order valence-electron chi connectivity index (χ0n) is 16.7. The average Bonchev–Trinajstić information content (AvgIpc) is 2.72. The summed E-state index contributed by atoms with van der Waals surface area (Å²) in [5.41, 5.74) is 0.370. The van der Waals surface area contributed by atoms with Crippen LogP contribution < -0.4 is 0 Å². The third-order valence-electron chi connectivity index (χ3n) is 4.66. The standard InChI is InChI=1S/C21H32O7/c1-3-5-12-25-17-16(14-22)27-21(24)19(18(17)26-13-6-4-2)28-20(23)15-10-8-7-9-11-15/h7-11,16-19,21-22,24H,3-6,12-14H2,1-2H3. The zero-order valence-corrected chi connectivity index (χ0v) is 16.7. The quantitative estimate of drug-likeness (QED) is 0.438. The summed E-state index contributed by atoms with van der Waals surface area (Å²) in [4.78, 5) is 12.5. The van der Waals surface area contributed by atoms with E-state index in [0.717, 1.165) is 25.7 Å². The molecule has 0 aromatic heterocycles. The van der Waals surface area contributed by atoms with Gasteiger partial charge in [0.1, 0.15) is 18.3 Å². The molecule has 2 N–H and O–H groups in total. The lowest BCUT2D eigenvalue weighted by Gasteiger charge is -2.43. The van der Waals surface area contributed by atoms with Gasteiger partial charge in [-0.3, -0.25) is 0 Å². The van der Waals surface area contributed by atoms with E-state index in [2.05, 4.69) is 0 Å². The van der Waals surface area contributed by atoms with Crippen LogP contribution in [-0.2, 0) is 18.9 Å². The van der Waals surface area contributed by atoms with Crippen LogP contribution in [0.3, 0.4) is 0 Å². The fraction of sp³-hybridized carbons (Fsp3) is 0.667. The van der Waals surface area contributed by atoms with Crippen LogP contribution in [0.15, 0.2) is 30.3 Å².